The molecule has 100 valence electrons. The molecule has 0 aliphatic carbocycles. The van der Waals surface area contributed by atoms with Crippen molar-refractivity contribution in [3.63, 3.8) is 0 Å². The molecule has 19 heavy (non-hydrogen) atoms. The predicted molar refractivity (Wildman–Crippen MR) is 65.9 cm³/mol. The number of amides is 1. The molecule has 7 heteroatoms. The number of nitriles is 1. The monoisotopic (exact) mass is 263 g/mol. The normalized spacial score (nSPS) is 10.9. The fraction of sp³-hybridized carbons (Fsp3) is 0.250. The quantitative estimate of drug-likeness (QED) is 0.416. The lowest BCUT2D eigenvalue weighted by atomic mass is 10.2. The number of nitrogens with two attached hydrogens (primary N) is 1. The third-order valence-corrected chi connectivity index (χ3v) is 2.34. The molecule has 1 rings (SSSR count). The zero-order valence-electron chi connectivity index (χ0n) is 10.5. The first kappa shape index (κ1) is 14.3. The third-order valence-electron chi connectivity index (χ3n) is 2.34. The van der Waals surface area contributed by atoms with Crippen LogP contribution in [0.15, 0.2) is 5.57 Å². The topological polar surface area (TPSA) is 129 Å². The molecule has 0 aliphatic heterocycles. The van der Waals surface area contributed by atoms with Gasteiger partial charge in [-0.05, 0) is 19.9 Å². The Morgan fingerprint density at radius 2 is 2.21 bits per heavy atom. The van der Waals surface area contributed by atoms with Crippen molar-refractivity contribution in [2.24, 2.45) is 5.73 Å². The smallest absolute Gasteiger partial charge is 0.343 e. The van der Waals surface area contributed by atoms with E-state index < -0.39 is 11.9 Å². The zero-order chi connectivity index (χ0) is 14.6. The average Bonchev–Trinajstić information content (AvgIpc) is 2.61. The number of nitrogens with one attached hydrogen (secondary N) is 1. The zero-order valence-corrected chi connectivity index (χ0v) is 10.5. The summed E-state index contributed by atoms with van der Waals surface area (Å²) in [5.41, 5.74) is 5.02. The molecule has 7 nitrogen and oxygen atoms in total. The molecule has 0 saturated carbocycles. The number of carbonyl (C=O) groups excluding carboxylic acids is 2. The SMILES string of the molecule is CCOC(=O)c1c(C)[nH]c(/C=C(\C#N)C(N)=O)c1O. The summed E-state index contributed by atoms with van der Waals surface area (Å²) in [6.07, 6.45) is 1.08. The first-order valence-electron chi connectivity index (χ1n) is 5.42. The highest BCUT2D eigenvalue weighted by atomic mass is 16.5. The number of hydrogen-bond acceptors (Lipinski definition) is 5. The molecule has 4 N–H and O–H groups in total. The van der Waals surface area contributed by atoms with Crippen molar-refractivity contribution in [2.75, 3.05) is 6.61 Å². The van der Waals surface area contributed by atoms with E-state index in [1.54, 1.807) is 19.9 Å². The van der Waals surface area contributed by atoms with Gasteiger partial charge in [0.2, 0.25) is 0 Å². The Morgan fingerprint density at radius 1 is 1.58 bits per heavy atom. The van der Waals surface area contributed by atoms with Gasteiger partial charge in [-0.2, -0.15) is 5.26 Å². The molecule has 0 aromatic carbocycles. The second kappa shape index (κ2) is 5.73. The van der Waals surface area contributed by atoms with Crippen LogP contribution in [0.5, 0.6) is 5.75 Å². The van der Waals surface area contributed by atoms with Crippen LogP contribution in [0.25, 0.3) is 6.08 Å². The number of H-pyrrole nitrogens is 1. The Bertz CT molecular complexity index is 593. The molecule has 1 aromatic heterocycles. The fourth-order valence-corrected chi connectivity index (χ4v) is 1.50. The first-order chi connectivity index (χ1) is 8.92. The number of esters is 1. The molecule has 0 spiro atoms. The van der Waals surface area contributed by atoms with E-state index in [-0.39, 0.29) is 29.2 Å². The number of hydrogen-bond donors (Lipinski definition) is 3. The summed E-state index contributed by atoms with van der Waals surface area (Å²) >= 11 is 0. The Kier molecular flexibility index (Phi) is 4.32. The number of ether oxygens (including phenoxy) is 1. The van der Waals surface area contributed by atoms with Crippen LogP contribution in [0.2, 0.25) is 0 Å². The molecule has 0 saturated heterocycles. The fourth-order valence-electron chi connectivity index (χ4n) is 1.50. The number of aromatic nitrogens is 1. The van der Waals surface area contributed by atoms with Gasteiger partial charge in [0.1, 0.15) is 17.2 Å². The Morgan fingerprint density at radius 3 is 2.68 bits per heavy atom. The number of primary amides is 1. The highest BCUT2D eigenvalue weighted by Crippen LogP contribution is 2.28. The van der Waals surface area contributed by atoms with Crippen molar-refractivity contribution in [2.45, 2.75) is 13.8 Å². The molecular weight excluding hydrogens is 250 g/mol. The van der Waals surface area contributed by atoms with E-state index in [1.165, 1.54) is 0 Å². The molecule has 1 aromatic rings. The molecule has 1 heterocycles. The maximum Gasteiger partial charge on any atom is 0.343 e. The van der Waals surface area contributed by atoms with E-state index in [4.69, 9.17) is 15.7 Å². The summed E-state index contributed by atoms with van der Waals surface area (Å²) in [7, 11) is 0. The van der Waals surface area contributed by atoms with Crippen molar-refractivity contribution >= 4 is 18.0 Å². The van der Waals surface area contributed by atoms with Crippen LogP contribution in [-0.2, 0) is 9.53 Å². The summed E-state index contributed by atoms with van der Waals surface area (Å²) in [6, 6.07) is 1.60. The summed E-state index contributed by atoms with van der Waals surface area (Å²) in [6.45, 7) is 3.36. The van der Waals surface area contributed by atoms with Gasteiger partial charge in [-0.25, -0.2) is 4.79 Å². The lowest BCUT2D eigenvalue weighted by Gasteiger charge is -2.00. The van der Waals surface area contributed by atoms with Gasteiger partial charge < -0.3 is 20.6 Å². The number of aromatic hydroxyl groups is 1. The van der Waals surface area contributed by atoms with Crippen molar-refractivity contribution in [3.05, 3.63) is 22.5 Å². The van der Waals surface area contributed by atoms with Crippen molar-refractivity contribution in [1.29, 1.82) is 5.26 Å². The average molecular weight is 263 g/mol. The Balaban J connectivity index is 3.28. The van der Waals surface area contributed by atoms with Crippen LogP contribution in [0.3, 0.4) is 0 Å². The highest BCUT2D eigenvalue weighted by Gasteiger charge is 2.21. The molecule has 0 aliphatic rings. The molecule has 0 unspecified atom stereocenters. The minimum Gasteiger partial charge on any atom is -0.505 e. The number of aryl methyl sites for hydroxylation is 1. The minimum atomic E-state index is -0.924. The second-order valence-electron chi connectivity index (χ2n) is 3.64. The Hall–Kier alpha value is -2.75. The van der Waals surface area contributed by atoms with Crippen LogP contribution in [0.1, 0.15) is 28.7 Å². The summed E-state index contributed by atoms with van der Waals surface area (Å²) in [5.74, 6) is -2.00. The number of carbonyl (C=O) groups is 2. The van der Waals surface area contributed by atoms with E-state index in [9.17, 15) is 14.7 Å². The Labute approximate surface area is 109 Å². The number of nitrogens with zero attached hydrogens (tertiary/aromatic N) is 1. The highest BCUT2D eigenvalue weighted by molar-refractivity contribution is 6.02. The van der Waals surface area contributed by atoms with Gasteiger partial charge in [0.25, 0.3) is 5.91 Å². The standard InChI is InChI=1S/C12H13N3O4/c1-3-19-12(18)9-6(2)15-8(10(9)16)4-7(5-13)11(14)17/h4,15-16H,3H2,1-2H3,(H2,14,17)/b7-4+. The van der Waals surface area contributed by atoms with Crippen LogP contribution in [0.4, 0.5) is 0 Å². The van der Waals surface area contributed by atoms with Crippen LogP contribution >= 0.6 is 0 Å². The molecule has 0 radical (unpaired) electrons. The maximum atomic E-state index is 11.6. The number of rotatable bonds is 4. The molecule has 1 amide bonds. The largest absolute Gasteiger partial charge is 0.505 e. The van der Waals surface area contributed by atoms with Crippen molar-refractivity contribution in [1.82, 2.24) is 4.98 Å². The molecule has 0 bridgehead atoms. The van der Waals surface area contributed by atoms with Crippen molar-refractivity contribution in [3.8, 4) is 11.8 Å². The number of aromatic amines is 1. The van der Waals surface area contributed by atoms with Gasteiger partial charge in [0.15, 0.2) is 5.75 Å². The van der Waals surface area contributed by atoms with Crippen LogP contribution in [-0.4, -0.2) is 28.6 Å². The maximum absolute atomic E-state index is 11.6. The van der Waals surface area contributed by atoms with E-state index in [0.29, 0.717) is 5.69 Å². The van der Waals surface area contributed by atoms with E-state index in [2.05, 4.69) is 4.98 Å². The first-order valence-corrected chi connectivity index (χ1v) is 5.42. The van der Waals surface area contributed by atoms with Crippen LogP contribution in [0, 0.1) is 18.3 Å². The molecular formula is C12H13N3O4. The minimum absolute atomic E-state index is 0.0325. The van der Waals surface area contributed by atoms with E-state index in [1.807, 2.05) is 0 Å². The van der Waals surface area contributed by atoms with Crippen LogP contribution < -0.4 is 5.73 Å². The van der Waals surface area contributed by atoms with E-state index >= 15 is 0 Å². The molecule has 0 atom stereocenters. The third kappa shape index (κ3) is 2.93. The predicted octanol–water partition coefficient (Wildman–Crippen LogP) is 0.598. The van der Waals surface area contributed by atoms with Gasteiger partial charge in [-0.1, -0.05) is 0 Å². The van der Waals surface area contributed by atoms with Crippen molar-refractivity contribution < 1.29 is 19.4 Å². The van der Waals surface area contributed by atoms with Gasteiger partial charge in [-0.15, -0.1) is 0 Å². The van der Waals surface area contributed by atoms with Gasteiger partial charge in [0, 0.05) is 5.69 Å². The van der Waals surface area contributed by atoms with Gasteiger partial charge in [0.05, 0.1) is 12.3 Å². The lowest BCUT2D eigenvalue weighted by Crippen LogP contribution is -2.12. The van der Waals surface area contributed by atoms with E-state index in [0.717, 1.165) is 6.08 Å². The summed E-state index contributed by atoms with van der Waals surface area (Å²) < 4.78 is 4.79. The summed E-state index contributed by atoms with van der Waals surface area (Å²) in [5, 5.41) is 18.6. The summed E-state index contributed by atoms with van der Waals surface area (Å²) in [4.78, 5) is 25.2. The second-order valence-corrected chi connectivity index (χ2v) is 3.64. The van der Waals surface area contributed by atoms with Gasteiger partial charge >= 0.3 is 5.97 Å². The molecule has 0 fully saturated rings. The lowest BCUT2D eigenvalue weighted by molar-refractivity contribution is -0.114. The van der Waals surface area contributed by atoms with Gasteiger partial charge in [-0.3, -0.25) is 4.79 Å².